The molecule has 0 N–H and O–H groups in total. The number of carbonyl (C=O) groups excluding carboxylic acids is 1. The van der Waals surface area contributed by atoms with Gasteiger partial charge in [-0.2, -0.15) is 0 Å². The average molecular weight is 212 g/mol. The Labute approximate surface area is 73.1 Å². The van der Waals surface area contributed by atoms with Crippen LogP contribution in [0.25, 0.3) is 6.08 Å². The van der Waals surface area contributed by atoms with Crippen LogP contribution < -0.4 is 0 Å². The summed E-state index contributed by atoms with van der Waals surface area (Å²) in [5.41, 5.74) is 1.34. The van der Waals surface area contributed by atoms with E-state index in [2.05, 4.69) is 27.5 Å². The summed E-state index contributed by atoms with van der Waals surface area (Å²) in [4.78, 5) is 14.4. The smallest absolute Gasteiger partial charge is 0.151 e. The summed E-state index contributed by atoms with van der Waals surface area (Å²) < 4.78 is 0.699. The van der Waals surface area contributed by atoms with Crippen LogP contribution in [0.15, 0.2) is 23.4 Å². The molecule has 1 rings (SSSR count). The van der Waals surface area contributed by atoms with Crippen molar-refractivity contribution in [2.45, 2.75) is 0 Å². The Hall–Kier alpha value is -0.960. The maximum absolute atomic E-state index is 10.5. The summed E-state index contributed by atoms with van der Waals surface area (Å²) in [5.74, 6) is 0. The van der Waals surface area contributed by atoms with Gasteiger partial charge in [0.25, 0.3) is 0 Å². The molecule has 0 aliphatic heterocycles. The van der Waals surface area contributed by atoms with E-state index in [4.69, 9.17) is 0 Å². The van der Waals surface area contributed by atoms with Crippen LogP contribution in [-0.2, 0) is 0 Å². The molecule has 0 aliphatic carbocycles. The van der Waals surface area contributed by atoms with Crippen molar-refractivity contribution < 1.29 is 4.79 Å². The highest BCUT2D eigenvalue weighted by Crippen LogP contribution is 2.17. The van der Waals surface area contributed by atoms with Gasteiger partial charge in [-0.25, -0.2) is 0 Å². The van der Waals surface area contributed by atoms with E-state index in [0.29, 0.717) is 10.0 Å². The number of hydrogen-bond acceptors (Lipinski definition) is 2. The number of nitrogens with zero attached hydrogens (tertiary/aromatic N) is 1. The molecule has 0 amide bonds. The minimum Gasteiger partial charge on any atom is -0.298 e. The van der Waals surface area contributed by atoms with Gasteiger partial charge in [-0.05, 0) is 15.9 Å². The van der Waals surface area contributed by atoms with Crippen molar-refractivity contribution in [2.24, 2.45) is 0 Å². The van der Waals surface area contributed by atoms with Gasteiger partial charge in [0.15, 0.2) is 6.29 Å². The highest BCUT2D eigenvalue weighted by Gasteiger charge is 2.01. The number of aldehydes is 1. The Morgan fingerprint density at radius 1 is 1.55 bits per heavy atom. The lowest BCUT2D eigenvalue weighted by Crippen LogP contribution is -1.88. The van der Waals surface area contributed by atoms with E-state index in [9.17, 15) is 4.79 Å². The fourth-order valence-electron chi connectivity index (χ4n) is 0.747. The number of carbonyl (C=O) groups is 1. The minimum absolute atomic E-state index is 0.593. The SMILES string of the molecule is C=Cc1cncc(Br)c1C=O. The van der Waals surface area contributed by atoms with Crippen molar-refractivity contribution in [1.29, 1.82) is 0 Å². The van der Waals surface area contributed by atoms with Crippen LogP contribution in [-0.4, -0.2) is 11.3 Å². The summed E-state index contributed by atoms with van der Waals surface area (Å²) in [6.45, 7) is 3.56. The summed E-state index contributed by atoms with van der Waals surface area (Å²) in [6, 6.07) is 0. The van der Waals surface area contributed by atoms with Crippen molar-refractivity contribution in [1.82, 2.24) is 4.98 Å². The van der Waals surface area contributed by atoms with Gasteiger partial charge in [0.1, 0.15) is 0 Å². The fraction of sp³-hybridized carbons (Fsp3) is 0. The van der Waals surface area contributed by atoms with E-state index in [1.807, 2.05) is 0 Å². The molecule has 56 valence electrons. The predicted molar refractivity (Wildman–Crippen MR) is 47.4 cm³/mol. The quantitative estimate of drug-likeness (QED) is 0.704. The van der Waals surface area contributed by atoms with Crippen LogP contribution in [0.5, 0.6) is 0 Å². The van der Waals surface area contributed by atoms with Crippen LogP contribution in [0.2, 0.25) is 0 Å². The number of halogens is 1. The van der Waals surface area contributed by atoms with E-state index < -0.39 is 0 Å². The highest BCUT2D eigenvalue weighted by atomic mass is 79.9. The number of hydrogen-bond donors (Lipinski definition) is 0. The molecule has 0 saturated carbocycles. The second-order valence-corrected chi connectivity index (χ2v) is 2.80. The third kappa shape index (κ3) is 1.54. The monoisotopic (exact) mass is 211 g/mol. The first-order valence-electron chi connectivity index (χ1n) is 3.00. The molecular weight excluding hydrogens is 206 g/mol. The van der Waals surface area contributed by atoms with Gasteiger partial charge >= 0.3 is 0 Å². The van der Waals surface area contributed by atoms with Crippen molar-refractivity contribution in [3.8, 4) is 0 Å². The lowest BCUT2D eigenvalue weighted by Gasteiger charge is -1.98. The summed E-state index contributed by atoms with van der Waals surface area (Å²) in [5, 5.41) is 0. The lowest BCUT2D eigenvalue weighted by atomic mass is 10.1. The van der Waals surface area contributed by atoms with Gasteiger partial charge in [0, 0.05) is 28.0 Å². The summed E-state index contributed by atoms with van der Waals surface area (Å²) >= 11 is 3.21. The highest BCUT2D eigenvalue weighted by molar-refractivity contribution is 9.10. The number of rotatable bonds is 2. The van der Waals surface area contributed by atoms with E-state index in [-0.39, 0.29) is 0 Å². The van der Waals surface area contributed by atoms with Crippen molar-refractivity contribution in [2.75, 3.05) is 0 Å². The van der Waals surface area contributed by atoms with Gasteiger partial charge in [0.2, 0.25) is 0 Å². The Morgan fingerprint density at radius 2 is 2.27 bits per heavy atom. The maximum atomic E-state index is 10.5. The van der Waals surface area contributed by atoms with Crippen LogP contribution in [0.3, 0.4) is 0 Å². The molecule has 0 unspecified atom stereocenters. The van der Waals surface area contributed by atoms with E-state index in [1.54, 1.807) is 18.5 Å². The van der Waals surface area contributed by atoms with Crippen molar-refractivity contribution in [3.63, 3.8) is 0 Å². The maximum Gasteiger partial charge on any atom is 0.151 e. The molecule has 0 bridgehead atoms. The van der Waals surface area contributed by atoms with Crippen LogP contribution in [0, 0.1) is 0 Å². The molecule has 0 saturated heterocycles. The molecule has 2 nitrogen and oxygen atoms in total. The molecule has 0 fully saturated rings. The molecule has 0 radical (unpaired) electrons. The molecule has 1 heterocycles. The zero-order valence-corrected chi connectivity index (χ0v) is 7.34. The summed E-state index contributed by atoms with van der Waals surface area (Å²) in [6.07, 6.45) is 5.56. The van der Waals surface area contributed by atoms with Gasteiger partial charge in [-0.15, -0.1) is 0 Å². The first kappa shape index (κ1) is 8.14. The lowest BCUT2D eigenvalue weighted by molar-refractivity contribution is 0.112. The van der Waals surface area contributed by atoms with E-state index >= 15 is 0 Å². The third-order valence-electron chi connectivity index (χ3n) is 1.31. The van der Waals surface area contributed by atoms with Crippen LogP contribution >= 0.6 is 15.9 Å². The Bertz CT molecular complexity index is 296. The molecule has 3 heteroatoms. The van der Waals surface area contributed by atoms with Crippen molar-refractivity contribution in [3.05, 3.63) is 34.6 Å². The van der Waals surface area contributed by atoms with Crippen LogP contribution in [0.4, 0.5) is 0 Å². The summed E-state index contributed by atoms with van der Waals surface area (Å²) in [7, 11) is 0. The fourth-order valence-corrected chi connectivity index (χ4v) is 1.19. The zero-order chi connectivity index (χ0) is 8.27. The molecule has 0 aromatic carbocycles. The minimum atomic E-state index is 0.593. The molecular formula is C8H6BrNO. The van der Waals surface area contributed by atoms with Crippen molar-refractivity contribution >= 4 is 28.3 Å². The van der Waals surface area contributed by atoms with Crippen LogP contribution in [0.1, 0.15) is 15.9 Å². The zero-order valence-electron chi connectivity index (χ0n) is 5.75. The first-order valence-corrected chi connectivity index (χ1v) is 3.80. The standard InChI is InChI=1S/C8H6BrNO/c1-2-6-3-10-4-8(9)7(6)5-11/h2-5H,1H2. The van der Waals surface area contributed by atoms with Gasteiger partial charge in [0.05, 0.1) is 0 Å². The molecule has 0 aliphatic rings. The Kier molecular flexibility index (Phi) is 2.54. The van der Waals surface area contributed by atoms with E-state index in [1.165, 1.54) is 0 Å². The normalized spacial score (nSPS) is 9.18. The molecule has 1 aromatic rings. The average Bonchev–Trinajstić information content (AvgIpc) is 2.04. The van der Waals surface area contributed by atoms with E-state index in [0.717, 1.165) is 11.8 Å². The van der Waals surface area contributed by atoms with Gasteiger partial charge in [-0.3, -0.25) is 9.78 Å². The Balaban J connectivity index is 3.35. The number of aromatic nitrogens is 1. The third-order valence-corrected chi connectivity index (χ3v) is 1.94. The van der Waals surface area contributed by atoms with Gasteiger partial charge in [-0.1, -0.05) is 12.7 Å². The Morgan fingerprint density at radius 3 is 2.73 bits per heavy atom. The second kappa shape index (κ2) is 3.44. The molecule has 1 aromatic heterocycles. The van der Waals surface area contributed by atoms with Gasteiger partial charge < -0.3 is 0 Å². The molecule has 11 heavy (non-hydrogen) atoms. The second-order valence-electron chi connectivity index (χ2n) is 1.95. The molecule has 0 atom stereocenters. The number of pyridine rings is 1. The predicted octanol–water partition coefficient (Wildman–Crippen LogP) is 2.30. The largest absolute Gasteiger partial charge is 0.298 e. The molecule has 0 spiro atoms. The topological polar surface area (TPSA) is 30.0 Å². The first-order chi connectivity index (χ1) is 5.29.